The van der Waals surface area contributed by atoms with Crippen LogP contribution >= 0.6 is 0 Å². The summed E-state index contributed by atoms with van der Waals surface area (Å²) in [7, 11) is -2.25. The van der Waals surface area contributed by atoms with Gasteiger partial charge in [-0.25, -0.2) is 8.42 Å². The summed E-state index contributed by atoms with van der Waals surface area (Å²) in [4.78, 5) is 27.8. The van der Waals surface area contributed by atoms with Crippen molar-refractivity contribution in [1.29, 1.82) is 0 Å². The Morgan fingerprint density at radius 3 is 2.21 bits per heavy atom. The highest BCUT2D eigenvalue weighted by Gasteiger charge is 2.31. The number of hydrogen-bond acceptors (Lipinski definition) is 5. The number of aryl methyl sites for hydroxylation is 1. The van der Waals surface area contributed by atoms with Gasteiger partial charge in [0.05, 0.1) is 19.1 Å². The number of ether oxygens (including phenoxy) is 1. The molecule has 9 heteroatoms. The lowest BCUT2D eigenvalue weighted by Gasteiger charge is -2.33. The van der Waals surface area contributed by atoms with Gasteiger partial charge in [0.25, 0.3) is 0 Å². The Hall–Kier alpha value is -3.07. The van der Waals surface area contributed by atoms with Gasteiger partial charge >= 0.3 is 0 Å². The zero-order valence-electron chi connectivity index (χ0n) is 19.9. The fraction of sp³-hybridized carbons (Fsp3) is 0.417. The molecule has 180 valence electrons. The molecular formula is C24H33N3O5S. The van der Waals surface area contributed by atoms with Crippen molar-refractivity contribution in [1.82, 2.24) is 10.2 Å². The summed E-state index contributed by atoms with van der Waals surface area (Å²) in [6.07, 6.45) is 1.45. The number of rotatable bonds is 11. The van der Waals surface area contributed by atoms with E-state index < -0.39 is 28.5 Å². The van der Waals surface area contributed by atoms with Crippen LogP contribution in [0.4, 0.5) is 5.69 Å². The predicted molar refractivity (Wildman–Crippen MR) is 130 cm³/mol. The molecular weight excluding hydrogens is 442 g/mol. The van der Waals surface area contributed by atoms with Crippen LogP contribution < -0.4 is 14.4 Å². The molecule has 0 heterocycles. The first-order valence-corrected chi connectivity index (χ1v) is 12.7. The molecule has 1 N–H and O–H groups in total. The number of carbonyl (C=O) groups is 2. The van der Waals surface area contributed by atoms with Crippen LogP contribution in [0.5, 0.6) is 5.75 Å². The maximum atomic E-state index is 13.5. The Kier molecular flexibility index (Phi) is 9.28. The maximum Gasteiger partial charge on any atom is 0.244 e. The highest BCUT2D eigenvalue weighted by Crippen LogP contribution is 2.23. The second kappa shape index (κ2) is 11.7. The summed E-state index contributed by atoms with van der Waals surface area (Å²) in [5.74, 6) is -0.156. The first-order chi connectivity index (χ1) is 15.6. The van der Waals surface area contributed by atoms with Crippen LogP contribution in [-0.4, -0.2) is 57.6 Å². The van der Waals surface area contributed by atoms with Gasteiger partial charge in [-0.1, -0.05) is 31.2 Å². The Morgan fingerprint density at radius 1 is 1.06 bits per heavy atom. The van der Waals surface area contributed by atoms with E-state index in [0.29, 0.717) is 24.4 Å². The summed E-state index contributed by atoms with van der Waals surface area (Å²) in [6, 6.07) is 13.3. The van der Waals surface area contributed by atoms with E-state index in [9.17, 15) is 18.0 Å². The molecule has 2 aromatic carbocycles. The molecule has 0 aliphatic carbocycles. The van der Waals surface area contributed by atoms with Crippen molar-refractivity contribution < 1.29 is 22.7 Å². The number of nitrogens with zero attached hydrogens (tertiary/aromatic N) is 2. The summed E-state index contributed by atoms with van der Waals surface area (Å²) < 4.78 is 31.3. The van der Waals surface area contributed by atoms with E-state index in [4.69, 9.17) is 4.74 Å². The van der Waals surface area contributed by atoms with Crippen LogP contribution in [0, 0.1) is 6.92 Å². The minimum absolute atomic E-state index is 0.196. The fourth-order valence-electron chi connectivity index (χ4n) is 3.54. The summed E-state index contributed by atoms with van der Waals surface area (Å²) in [5, 5.41) is 2.78. The van der Waals surface area contributed by atoms with Crippen molar-refractivity contribution in [3.8, 4) is 5.75 Å². The van der Waals surface area contributed by atoms with Crippen LogP contribution in [0.1, 0.15) is 31.4 Å². The molecule has 0 fully saturated rings. The lowest BCUT2D eigenvalue weighted by atomic mass is 10.1. The number of nitrogens with one attached hydrogen (secondary N) is 1. The summed E-state index contributed by atoms with van der Waals surface area (Å²) >= 11 is 0. The quantitative estimate of drug-likeness (QED) is 0.539. The van der Waals surface area contributed by atoms with Gasteiger partial charge in [-0.15, -0.1) is 0 Å². The number of hydrogen-bond donors (Lipinski definition) is 1. The van der Waals surface area contributed by atoms with Crippen molar-refractivity contribution >= 4 is 27.5 Å². The molecule has 0 spiro atoms. The third-order valence-electron chi connectivity index (χ3n) is 5.38. The SMILES string of the molecule is CCNC(=O)[C@H](CC)N(Cc1ccccc1C)C(=O)CN(c1ccc(OC)cc1)S(C)(=O)=O. The van der Waals surface area contributed by atoms with E-state index in [1.165, 1.54) is 12.0 Å². The van der Waals surface area contributed by atoms with Crippen LogP contribution in [0.2, 0.25) is 0 Å². The third-order valence-corrected chi connectivity index (χ3v) is 6.52. The zero-order valence-corrected chi connectivity index (χ0v) is 20.7. The smallest absolute Gasteiger partial charge is 0.244 e. The molecule has 0 radical (unpaired) electrons. The average Bonchev–Trinajstić information content (AvgIpc) is 2.78. The lowest BCUT2D eigenvalue weighted by Crippen LogP contribution is -2.52. The molecule has 0 unspecified atom stereocenters. The molecule has 0 aliphatic rings. The molecule has 2 amide bonds. The number of carbonyl (C=O) groups excluding carboxylic acids is 2. The Bertz CT molecular complexity index is 1050. The number of benzene rings is 2. The van der Waals surface area contributed by atoms with E-state index >= 15 is 0 Å². The van der Waals surface area contributed by atoms with E-state index in [1.54, 1.807) is 24.3 Å². The molecule has 33 heavy (non-hydrogen) atoms. The average molecular weight is 476 g/mol. The largest absolute Gasteiger partial charge is 0.497 e. The predicted octanol–water partition coefficient (Wildman–Crippen LogP) is 2.71. The topological polar surface area (TPSA) is 96.0 Å². The van der Waals surface area contributed by atoms with E-state index in [1.807, 2.05) is 45.0 Å². The number of sulfonamides is 1. The highest BCUT2D eigenvalue weighted by molar-refractivity contribution is 7.92. The first kappa shape index (κ1) is 26.2. The van der Waals surface area contributed by atoms with Gasteiger partial charge in [-0.05, 0) is 55.7 Å². The highest BCUT2D eigenvalue weighted by atomic mass is 32.2. The molecule has 0 aliphatic heterocycles. The maximum absolute atomic E-state index is 13.5. The van der Waals surface area contributed by atoms with Gasteiger partial charge < -0.3 is 15.0 Å². The van der Waals surface area contributed by atoms with Crippen molar-refractivity contribution in [2.24, 2.45) is 0 Å². The Balaban J connectivity index is 2.43. The second-order valence-corrected chi connectivity index (χ2v) is 9.64. The van der Waals surface area contributed by atoms with Crippen LogP contribution in [0.25, 0.3) is 0 Å². The van der Waals surface area contributed by atoms with Crippen molar-refractivity contribution in [2.45, 2.75) is 39.8 Å². The van der Waals surface area contributed by atoms with Gasteiger partial charge in [-0.3, -0.25) is 13.9 Å². The van der Waals surface area contributed by atoms with Crippen molar-refractivity contribution in [2.75, 3.05) is 30.8 Å². The number of amides is 2. The standard InChI is InChI=1S/C24H33N3O5S/c1-6-22(24(29)25-7-2)26(16-19-11-9-8-10-18(19)3)23(28)17-27(33(5,30)31)20-12-14-21(32-4)15-13-20/h8-15,22H,6-7,16-17H2,1-5H3,(H,25,29)/t22-/m0/s1. The van der Waals surface area contributed by atoms with Crippen molar-refractivity contribution in [3.63, 3.8) is 0 Å². The first-order valence-electron chi connectivity index (χ1n) is 10.9. The number of methoxy groups -OCH3 is 1. The van der Waals surface area contributed by atoms with E-state index in [-0.39, 0.29) is 12.5 Å². The van der Waals surface area contributed by atoms with Gasteiger partial charge in [-0.2, -0.15) is 0 Å². The Labute approximate surface area is 196 Å². The molecule has 0 aromatic heterocycles. The van der Waals surface area contributed by atoms with E-state index in [0.717, 1.165) is 21.7 Å². The van der Waals surface area contributed by atoms with Gasteiger partial charge in [0.1, 0.15) is 18.3 Å². The van der Waals surface area contributed by atoms with Crippen LogP contribution in [0.15, 0.2) is 48.5 Å². The number of anilines is 1. The zero-order chi connectivity index (χ0) is 24.6. The summed E-state index contributed by atoms with van der Waals surface area (Å²) in [5.41, 5.74) is 2.22. The molecule has 8 nitrogen and oxygen atoms in total. The fourth-order valence-corrected chi connectivity index (χ4v) is 4.39. The minimum Gasteiger partial charge on any atom is -0.497 e. The van der Waals surface area contributed by atoms with Gasteiger partial charge in [0, 0.05) is 13.1 Å². The Morgan fingerprint density at radius 2 is 1.70 bits per heavy atom. The number of likely N-dealkylation sites (N-methyl/N-ethyl adjacent to an activating group) is 1. The van der Waals surface area contributed by atoms with Gasteiger partial charge in [0.15, 0.2) is 0 Å². The van der Waals surface area contributed by atoms with E-state index in [2.05, 4.69) is 5.32 Å². The normalized spacial score (nSPS) is 12.0. The molecule has 0 bridgehead atoms. The van der Waals surface area contributed by atoms with Crippen molar-refractivity contribution in [3.05, 3.63) is 59.7 Å². The minimum atomic E-state index is -3.77. The summed E-state index contributed by atoms with van der Waals surface area (Å²) in [6.45, 7) is 5.78. The van der Waals surface area contributed by atoms with Crippen LogP contribution in [-0.2, 0) is 26.2 Å². The van der Waals surface area contributed by atoms with Gasteiger partial charge in [0.2, 0.25) is 21.8 Å². The molecule has 2 aromatic rings. The van der Waals surface area contributed by atoms with Crippen LogP contribution in [0.3, 0.4) is 0 Å². The molecule has 0 saturated carbocycles. The molecule has 2 rings (SSSR count). The second-order valence-electron chi connectivity index (χ2n) is 7.73. The lowest BCUT2D eigenvalue weighted by molar-refractivity contribution is -0.140. The molecule has 1 atom stereocenters. The monoisotopic (exact) mass is 475 g/mol. The molecule has 0 saturated heterocycles. The third kappa shape index (κ3) is 6.95.